The van der Waals surface area contributed by atoms with E-state index in [1.165, 1.54) is 0 Å². The number of hydrogen-bond acceptors (Lipinski definition) is 6. The second kappa shape index (κ2) is 9.91. The monoisotopic (exact) mass is 250 g/mol. The van der Waals surface area contributed by atoms with E-state index in [0.29, 0.717) is 0 Å². The third kappa shape index (κ3) is 18.2. The molecule has 0 amide bonds. The van der Waals surface area contributed by atoms with Gasteiger partial charge >= 0.3 is 59.1 Å². The van der Waals surface area contributed by atoms with Gasteiger partial charge in [-0.1, -0.05) is 11.1 Å². The summed E-state index contributed by atoms with van der Waals surface area (Å²) in [6, 6.07) is 0. The molecule has 0 aliphatic heterocycles. The minimum atomic E-state index is -4.33. The van der Waals surface area contributed by atoms with Crippen molar-refractivity contribution in [2.45, 2.75) is 0 Å². The van der Waals surface area contributed by atoms with Crippen molar-refractivity contribution in [3.05, 3.63) is 0 Å². The van der Waals surface area contributed by atoms with Crippen LogP contribution in [0.25, 0.3) is 0 Å². The standard InChI is InChI=1S/C2H6O5S3.2Na/c3-9(4)2-1-8-10(5,6)7;;/h1-2H2,(H,3,4)(H,5,6,7);;/q;2*+1/p-2. The van der Waals surface area contributed by atoms with E-state index >= 15 is 0 Å². The topological polar surface area (TPSA) is 97.3 Å². The van der Waals surface area contributed by atoms with E-state index in [1.807, 2.05) is 0 Å². The minimum Gasteiger partial charge on any atom is -0.772 e. The van der Waals surface area contributed by atoms with Crippen LogP contribution in [0.15, 0.2) is 0 Å². The minimum absolute atomic E-state index is 0. The van der Waals surface area contributed by atoms with E-state index in [2.05, 4.69) is 0 Å². The van der Waals surface area contributed by atoms with Gasteiger partial charge in [0.25, 0.3) is 0 Å². The van der Waals surface area contributed by atoms with Crippen molar-refractivity contribution in [3.8, 4) is 0 Å². The Kier molecular flexibility index (Phi) is 16.4. The van der Waals surface area contributed by atoms with E-state index < -0.39 is 20.2 Å². The molecule has 1 unspecified atom stereocenters. The van der Waals surface area contributed by atoms with Gasteiger partial charge in [-0.3, -0.25) is 4.21 Å². The molecule has 0 aromatic heterocycles. The van der Waals surface area contributed by atoms with Gasteiger partial charge in [0.05, 0.1) is 0 Å². The summed E-state index contributed by atoms with van der Waals surface area (Å²) in [4.78, 5) is 0. The molecule has 0 fully saturated rings. The Bertz CT molecular complexity index is 213. The van der Waals surface area contributed by atoms with Crippen LogP contribution in [0.3, 0.4) is 0 Å². The number of hydrogen-bond donors (Lipinski definition) is 0. The molecule has 0 N–H and O–H groups in total. The van der Waals surface area contributed by atoms with Crippen molar-refractivity contribution >= 4 is 31.0 Å². The van der Waals surface area contributed by atoms with Crippen LogP contribution in [-0.2, 0) is 20.2 Å². The van der Waals surface area contributed by atoms with Gasteiger partial charge < -0.3 is 9.11 Å². The van der Waals surface area contributed by atoms with Crippen molar-refractivity contribution in [2.24, 2.45) is 0 Å². The van der Waals surface area contributed by atoms with Gasteiger partial charge in [-0.05, 0) is 10.8 Å². The van der Waals surface area contributed by atoms with Crippen molar-refractivity contribution < 1.29 is 80.8 Å². The summed E-state index contributed by atoms with van der Waals surface area (Å²) >= 11 is -2.27. The molecule has 0 heterocycles. The van der Waals surface area contributed by atoms with Crippen LogP contribution in [-0.4, -0.2) is 33.2 Å². The average molecular weight is 250 g/mol. The molecule has 0 spiro atoms. The van der Waals surface area contributed by atoms with Gasteiger partial charge in [-0.25, -0.2) is 8.42 Å². The first-order valence-electron chi connectivity index (χ1n) is 2.08. The summed E-state index contributed by atoms with van der Waals surface area (Å²) < 4.78 is 49.0. The third-order valence-corrected chi connectivity index (χ3v) is 3.30. The van der Waals surface area contributed by atoms with E-state index in [1.54, 1.807) is 0 Å². The average Bonchev–Trinajstić information content (AvgIpc) is 1.59. The molecule has 10 heteroatoms. The predicted octanol–water partition coefficient (Wildman–Crippen LogP) is -6.93. The summed E-state index contributed by atoms with van der Waals surface area (Å²) in [5.41, 5.74) is 0. The second-order valence-corrected chi connectivity index (χ2v) is 5.65. The Morgan fingerprint density at radius 1 is 1.33 bits per heavy atom. The first-order chi connectivity index (χ1) is 4.42. The fraction of sp³-hybridized carbons (Fsp3) is 1.00. The Balaban J connectivity index is -0.000000405. The van der Waals surface area contributed by atoms with Crippen LogP contribution in [0.4, 0.5) is 0 Å². The molecular weight excluding hydrogens is 246 g/mol. The third-order valence-electron chi connectivity index (χ3n) is 0.478. The van der Waals surface area contributed by atoms with Gasteiger partial charge in [-0.15, -0.1) is 0 Å². The van der Waals surface area contributed by atoms with Gasteiger partial charge in [0.15, 0.2) is 0 Å². The van der Waals surface area contributed by atoms with Crippen LogP contribution in [0.2, 0.25) is 0 Å². The van der Waals surface area contributed by atoms with Crippen LogP contribution in [0.5, 0.6) is 0 Å². The molecule has 0 aliphatic carbocycles. The summed E-state index contributed by atoms with van der Waals surface area (Å²) in [6.07, 6.45) is 0. The fourth-order valence-corrected chi connectivity index (χ4v) is 2.45. The van der Waals surface area contributed by atoms with Crippen molar-refractivity contribution in [2.75, 3.05) is 11.5 Å². The predicted molar refractivity (Wildman–Crippen MR) is 35.9 cm³/mol. The SMILES string of the molecule is O=S([O-])CCSS(=O)(=O)[O-].[Na+].[Na+]. The zero-order valence-electron chi connectivity index (χ0n) is 6.68. The number of rotatable bonds is 4. The molecule has 0 saturated carbocycles. The second-order valence-electron chi connectivity index (χ2n) is 1.24. The van der Waals surface area contributed by atoms with Crippen molar-refractivity contribution in [1.29, 1.82) is 0 Å². The molecule has 12 heavy (non-hydrogen) atoms. The maximum Gasteiger partial charge on any atom is 1.00 e. The first kappa shape index (κ1) is 19.9. The summed E-state index contributed by atoms with van der Waals surface area (Å²) in [6.45, 7) is 0. The smallest absolute Gasteiger partial charge is 0.772 e. The summed E-state index contributed by atoms with van der Waals surface area (Å²) in [7, 11) is -4.24. The van der Waals surface area contributed by atoms with Crippen LogP contribution in [0.1, 0.15) is 0 Å². The molecule has 0 rings (SSSR count). The maximum absolute atomic E-state index is 9.82. The van der Waals surface area contributed by atoms with Crippen molar-refractivity contribution in [1.82, 2.24) is 0 Å². The Labute approximate surface area is 121 Å². The van der Waals surface area contributed by atoms with Crippen LogP contribution < -0.4 is 59.1 Å². The van der Waals surface area contributed by atoms with Gasteiger partial charge in [0.1, 0.15) is 9.15 Å². The van der Waals surface area contributed by atoms with Crippen LogP contribution in [0, 0.1) is 0 Å². The normalized spacial score (nSPS) is 12.5. The Hall–Kier alpha value is 2.37. The van der Waals surface area contributed by atoms with E-state index in [-0.39, 0.29) is 81.4 Å². The molecular formula is C2H4Na2O5S3. The molecule has 0 saturated heterocycles. The molecule has 62 valence electrons. The fourth-order valence-electron chi connectivity index (χ4n) is 0.204. The molecule has 5 nitrogen and oxygen atoms in total. The zero-order chi connectivity index (χ0) is 8.20. The van der Waals surface area contributed by atoms with E-state index in [4.69, 9.17) is 0 Å². The van der Waals surface area contributed by atoms with Crippen LogP contribution >= 0.6 is 10.8 Å². The molecule has 0 aliphatic rings. The molecule has 0 aromatic carbocycles. The molecule has 1 atom stereocenters. The van der Waals surface area contributed by atoms with Gasteiger partial charge in [0, 0.05) is 11.5 Å². The van der Waals surface area contributed by atoms with Crippen molar-refractivity contribution in [3.63, 3.8) is 0 Å². The van der Waals surface area contributed by atoms with Gasteiger partial charge in [0.2, 0.25) is 0 Å². The molecule has 0 radical (unpaired) electrons. The summed E-state index contributed by atoms with van der Waals surface area (Å²) in [5, 5.41) is 0. The van der Waals surface area contributed by atoms with E-state index in [9.17, 15) is 21.7 Å². The zero-order valence-corrected chi connectivity index (χ0v) is 13.1. The molecule has 0 aromatic rings. The largest absolute Gasteiger partial charge is 1.00 e. The quantitative estimate of drug-likeness (QED) is 0.213. The Morgan fingerprint density at radius 3 is 2.00 bits per heavy atom. The summed E-state index contributed by atoms with van der Waals surface area (Å²) in [5.74, 6) is -0.520. The maximum atomic E-state index is 9.82. The molecule has 0 bridgehead atoms. The van der Waals surface area contributed by atoms with E-state index in [0.717, 1.165) is 0 Å². The first-order valence-corrected chi connectivity index (χ1v) is 6.23. The van der Waals surface area contributed by atoms with Gasteiger partial charge in [-0.2, -0.15) is 0 Å². The Morgan fingerprint density at radius 2 is 1.75 bits per heavy atom.